The summed E-state index contributed by atoms with van der Waals surface area (Å²) in [6.45, 7) is 2.71. The zero-order valence-electron chi connectivity index (χ0n) is 12.0. The van der Waals surface area contributed by atoms with E-state index in [1.807, 2.05) is 7.11 Å². The molecule has 0 bridgehead atoms. The number of anilines is 1. The summed E-state index contributed by atoms with van der Waals surface area (Å²) in [5.41, 5.74) is 8.40. The number of nitrogens with two attached hydrogens (primary N) is 1. The van der Waals surface area contributed by atoms with Crippen molar-refractivity contribution in [3.8, 4) is 0 Å². The number of hydrogen-bond donors (Lipinski definition) is 1. The maximum Gasteiger partial charge on any atom is 0.0605 e. The highest BCUT2D eigenvalue weighted by molar-refractivity contribution is 5.96. The van der Waals surface area contributed by atoms with E-state index in [0.717, 1.165) is 25.9 Å². The van der Waals surface area contributed by atoms with E-state index in [0.29, 0.717) is 12.6 Å². The Morgan fingerprint density at radius 1 is 1.10 bits per heavy atom. The molecule has 1 saturated heterocycles. The molecular formula is C17H22N2O. The van der Waals surface area contributed by atoms with Gasteiger partial charge in [0.25, 0.3) is 0 Å². The zero-order chi connectivity index (χ0) is 13.9. The molecule has 1 heterocycles. The Morgan fingerprint density at radius 2 is 1.80 bits per heavy atom. The van der Waals surface area contributed by atoms with Crippen LogP contribution in [0.3, 0.4) is 0 Å². The maximum absolute atomic E-state index is 5.85. The molecule has 0 spiro atoms. The fraction of sp³-hybridized carbons (Fsp3) is 0.412. The molecule has 3 nitrogen and oxygen atoms in total. The summed E-state index contributed by atoms with van der Waals surface area (Å²) in [5.74, 6) is 0. The first-order valence-electron chi connectivity index (χ1n) is 7.32. The molecule has 0 unspecified atom stereocenters. The first-order valence-corrected chi connectivity index (χ1v) is 7.32. The largest absolute Gasteiger partial charge is 0.381 e. The second-order valence-corrected chi connectivity index (χ2v) is 5.42. The van der Waals surface area contributed by atoms with Gasteiger partial charge in [0.1, 0.15) is 0 Å². The molecule has 0 aliphatic carbocycles. The van der Waals surface area contributed by atoms with Crippen LogP contribution in [-0.2, 0) is 11.3 Å². The number of rotatable bonds is 3. The SMILES string of the molecule is COC1CCN(c2ccc(CN)c3ccccc23)CC1. The topological polar surface area (TPSA) is 38.5 Å². The van der Waals surface area contributed by atoms with Crippen molar-refractivity contribution in [3.63, 3.8) is 0 Å². The van der Waals surface area contributed by atoms with Gasteiger partial charge in [-0.2, -0.15) is 0 Å². The molecule has 3 heteroatoms. The second kappa shape index (κ2) is 5.81. The van der Waals surface area contributed by atoms with Gasteiger partial charge in [-0.05, 0) is 29.9 Å². The summed E-state index contributed by atoms with van der Waals surface area (Å²) >= 11 is 0. The van der Waals surface area contributed by atoms with E-state index in [4.69, 9.17) is 10.5 Å². The lowest BCUT2D eigenvalue weighted by atomic mass is 10.00. The minimum Gasteiger partial charge on any atom is -0.381 e. The molecule has 0 radical (unpaired) electrons. The van der Waals surface area contributed by atoms with Gasteiger partial charge >= 0.3 is 0 Å². The third kappa shape index (κ3) is 2.39. The third-order valence-corrected chi connectivity index (χ3v) is 4.33. The van der Waals surface area contributed by atoms with Crippen molar-refractivity contribution in [2.45, 2.75) is 25.5 Å². The predicted octanol–water partition coefficient (Wildman–Crippen LogP) is 2.91. The average Bonchev–Trinajstić information content (AvgIpc) is 2.54. The monoisotopic (exact) mass is 270 g/mol. The minimum absolute atomic E-state index is 0.417. The smallest absolute Gasteiger partial charge is 0.0605 e. The average molecular weight is 270 g/mol. The predicted molar refractivity (Wildman–Crippen MR) is 84.1 cm³/mol. The molecule has 2 aromatic rings. The molecular weight excluding hydrogens is 248 g/mol. The number of fused-ring (bicyclic) bond motifs is 1. The lowest BCUT2D eigenvalue weighted by molar-refractivity contribution is 0.0819. The first kappa shape index (κ1) is 13.4. The molecule has 0 atom stereocenters. The Balaban J connectivity index is 1.96. The lowest BCUT2D eigenvalue weighted by Crippen LogP contribution is -2.36. The molecule has 0 amide bonds. The fourth-order valence-corrected chi connectivity index (χ4v) is 3.13. The quantitative estimate of drug-likeness (QED) is 0.932. The zero-order valence-corrected chi connectivity index (χ0v) is 12.0. The van der Waals surface area contributed by atoms with Crippen LogP contribution in [0.5, 0.6) is 0 Å². The highest BCUT2D eigenvalue weighted by atomic mass is 16.5. The van der Waals surface area contributed by atoms with Crippen LogP contribution in [0.2, 0.25) is 0 Å². The number of nitrogens with zero attached hydrogens (tertiary/aromatic N) is 1. The number of piperidine rings is 1. The van der Waals surface area contributed by atoms with Crippen molar-refractivity contribution in [3.05, 3.63) is 42.0 Å². The van der Waals surface area contributed by atoms with Crippen LogP contribution < -0.4 is 10.6 Å². The molecule has 1 aliphatic heterocycles. The summed E-state index contributed by atoms with van der Waals surface area (Å²) in [6, 6.07) is 12.9. The van der Waals surface area contributed by atoms with E-state index in [9.17, 15) is 0 Å². The third-order valence-electron chi connectivity index (χ3n) is 4.33. The van der Waals surface area contributed by atoms with Gasteiger partial charge in [0, 0.05) is 37.8 Å². The summed E-state index contributed by atoms with van der Waals surface area (Å²) < 4.78 is 5.46. The van der Waals surface area contributed by atoms with Crippen LogP contribution >= 0.6 is 0 Å². The van der Waals surface area contributed by atoms with Gasteiger partial charge in [-0.3, -0.25) is 0 Å². The van der Waals surface area contributed by atoms with Gasteiger partial charge in [-0.15, -0.1) is 0 Å². The summed E-state index contributed by atoms with van der Waals surface area (Å²) in [7, 11) is 1.81. The van der Waals surface area contributed by atoms with Gasteiger partial charge in [-0.25, -0.2) is 0 Å². The van der Waals surface area contributed by atoms with Crippen molar-refractivity contribution in [1.82, 2.24) is 0 Å². The van der Waals surface area contributed by atoms with E-state index in [1.165, 1.54) is 22.0 Å². The summed E-state index contributed by atoms with van der Waals surface area (Å²) in [6.07, 6.45) is 2.62. The van der Waals surface area contributed by atoms with Crippen molar-refractivity contribution in [2.24, 2.45) is 5.73 Å². The summed E-state index contributed by atoms with van der Waals surface area (Å²) in [5, 5.41) is 2.59. The van der Waals surface area contributed by atoms with Gasteiger partial charge < -0.3 is 15.4 Å². The van der Waals surface area contributed by atoms with Gasteiger partial charge in [-0.1, -0.05) is 30.3 Å². The highest BCUT2D eigenvalue weighted by Gasteiger charge is 2.20. The second-order valence-electron chi connectivity index (χ2n) is 5.42. The highest BCUT2D eigenvalue weighted by Crippen LogP contribution is 2.31. The first-order chi connectivity index (χ1) is 9.83. The van der Waals surface area contributed by atoms with Crippen molar-refractivity contribution < 1.29 is 4.74 Å². The number of ether oxygens (including phenoxy) is 1. The molecule has 2 N–H and O–H groups in total. The molecule has 3 rings (SSSR count). The van der Waals surface area contributed by atoms with Crippen LogP contribution in [0.1, 0.15) is 18.4 Å². The standard InChI is InChI=1S/C17H22N2O/c1-20-14-8-10-19(11-9-14)17-7-6-13(12-18)15-4-2-3-5-16(15)17/h2-7,14H,8-12,18H2,1H3. The maximum atomic E-state index is 5.85. The van der Waals surface area contributed by atoms with Crippen LogP contribution in [-0.4, -0.2) is 26.3 Å². The van der Waals surface area contributed by atoms with Crippen LogP contribution in [0.25, 0.3) is 10.8 Å². The Kier molecular flexibility index (Phi) is 3.90. The van der Waals surface area contributed by atoms with Crippen LogP contribution in [0, 0.1) is 0 Å². The molecule has 1 aliphatic rings. The van der Waals surface area contributed by atoms with Gasteiger partial charge in [0.15, 0.2) is 0 Å². The van der Waals surface area contributed by atoms with E-state index in [1.54, 1.807) is 0 Å². The van der Waals surface area contributed by atoms with Crippen molar-refractivity contribution >= 4 is 16.5 Å². The number of methoxy groups -OCH3 is 1. The van der Waals surface area contributed by atoms with E-state index >= 15 is 0 Å². The van der Waals surface area contributed by atoms with Crippen molar-refractivity contribution in [2.75, 3.05) is 25.1 Å². The Labute approximate surface area is 120 Å². The Morgan fingerprint density at radius 3 is 2.45 bits per heavy atom. The van der Waals surface area contributed by atoms with Crippen LogP contribution in [0.4, 0.5) is 5.69 Å². The molecule has 20 heavy (non-hydrogen) atoms. The molecule has 2 aromatic carbocycles. The van der Waals surface area contributed by atoms with Crippen LogP contribution in [0.15, 0.2) is 36.4 Å². The van der Waals surface area contributed by atoms with E-state index in [-0.39, 0.29) is 0 Å². The molecule has 106 valence electrons. The number of hydrogen-bond acceptors (Lipinski definition) is 3. The lowest BCUT2D eigenvalue weighted by Gasteiger charge is -2.33. The minimum atomic E-state index is 0.417. The van der Waals surface area contributed by atoms with E-state index in [2.05, 4.69) is 41.3 Å². The normalized spacial score (nSPS) is 16.8. The van der Waals surface area contributed by atoms with Gasteiger partial charge in [0.2, 0.25) is 0 Å². The van der Waals surface area contributed by atoms with Crippen molar-refractivity contribution in [1.29, 1.82) is 0 Å². The molecule has 1 fully saturated rings. The van der Waals surface area contributed by atoms with Gasteiger partial charge in [0.05, 0.1) is 6.10 Å². The Hall–Kier alpha value is -1.58. The fourth-order valence-electron chi connectivity index (χ4n) is 3.13. The Bertz CT molecular complexity index is 589. The van der Waals surface area contributed by atoms with E-state index < -0.39 is 0 Å². The molecule has 0 aromatic heterocycles. The molecule has 0 saturated carbocycles. The summed E-state index contributed by atoms with van der Waals surface area (Å²) in [4.78, 5) is 2.47. The number of benzene rings is 2.